The maximum atomic E-state index is 11.7. The van der Waals surface area contributed by atoms with Gasteiger partial charge in [0.15, 0.2) is 0 Å². The van der Waals surface area contributed by atoms with E-state index in [4.69, 9.17) is 4.74 Å². The van der Waals surface area contributed by atoms with Crippen molar-refractivity contribution >= 4 is 23.0 Å². The van der Waals surface area contributed by atoms with Crippen LogP contribution in [0.1, 0.15) is 21.1 Å². The van der Waals surface area contributed by atoms with Gasteiger partial charge in [0.2, 0.25) is 0 Å². The standard InChI is InChI=1S/C14H16N2O2S/c1-10-9-19-13(15-10)8-16(2)12-7-5-4-6-11(12)14(17)18-3/h4-7,9H,8H2,1-3H3. The lowest BCUT2D eigenvalue weighted by Gasteiger charge is -2.20. The van der Waals surface area contributed by atoms with E-state index in [-0.39, 0.29) is 5.97 Å². The number of thiazole rings is 1. The number of benzene rings is 1. The molecular formula is C14H16N2O2S. The van der Waals surface area contributed by atoms with Gasteiger partial charge in [-0.1, -0.05) is 12.1 Å². The third-order valence-electron chi connectivity index (χ3n) is 2.76. The SMILES string of the molecule is COC(=O)c1ccccc1N(C)Cc1nc(C)cs1. The molecule has 19 heavy (non-hydrogen) atoms. The lowest BCUT2D eigenvalue weighted by atomic mass is 10.1. The second-order valence-electron chi connectivity index (χ2n) is 4.25. The first kappa shape index (κ1) is 13.5. The number of aryl methyl sites for hydroxylation is 1. The topological polar surface area (TPSA) is 42.4 Å². The van der Waals surface area contributed by atoms with Gasteiger partial charge in [-0.25, -0.2) is 9.78 Å². The Morgan fingerprint density at radius 3 is 2.79 bits per heavy atom. The largest absolute Gasteiger partial charge is 0.465 e. The Morgan fingerprint density at radius 2 is 2.16 bits per heavy atom. The van der Waals surface area contributed by atoms with Crippen LogP contribution in [0.3, 0.4) is 0 Å². The Hall–Kier alpha value is -1.88. The van der Waals surface area contributed by atoms with Crippen LogP contribution in [0.5, 0.6) is 0 Å². The molecule has 0 atom stereocenters. The summed E-state index contributed by atoms with van der Waals surface area (Å²) < 4.78 is 4.80. The first-order chi connectivity index (χ1) is 9.11. The highest BCUT2D eigenvalue weighted by atomic mass is 32.1. The Labute approximate surface area is 116 Å². The molecule has 0 radical (unpaired) electrons. The minimum atomic E-state index is -0.322. The van der Waals surface area contributed by atoms with Crippen LogP contribution in [0, 0.1) is 6.92 Å². The summed E-state index contributed by atoms with van der Waals surface area (Å²) in [6, 6.07) is 7.42. The summed E-state index contributed by atoms with van der Waals surface area (Å²) in [6.45, 7) is 2.65. The van der Waals surface area contributed by atoms with Crippen molar-refractivity contribution in [1.29, 1.82) is 0 Å². The predicted octanol–water partition coefficient (Wildman–Crippen LogP) is 2.87. The predicted molar refractivity (Wildman–Crippen MR) is 76.7 cm³/mol. The van der Waals surface area contributed by atoms with Crippen molar-refractivity contribution in [2.75, 3.05) is 19.1 Å². The van der Waals surface area contributed by atoms with Crippen LogP contribution in [0.2, 0.25) is 0 Å². The molecule has 0 unspecified atom stereocenters. The summed E-state index contributed by atoms with van der Waals surface area (Å²) in [5.41, 5.74) is 2.44. The summed E-state index contributed by atoms with van der Waals surface area (Å²) in [4.78, 5) is 18.2. The normalized spacial score (nSPS) is 10.3. The lowest BCUT2D eigenvalue weighted by Crippen LogP contribution is -2.19. The van der Waals surface area contributed by atoms with E-state index in [1.54, 1.807) is 17.4 Å². The Kier molecular flexibility index (Phi) is 4.16. The number of hydrogen-bond donors (Lipinski definition) is 0. The molecule has 0 aliphatic rings. The van der Waals surface area contributed by atoms with Gasteiger partial charge in [0.1, 0.15) is 5.01 Å². The van der Waals surface area contributed by atoms with Gasteiger partial charge in [-0.05, 0) is 19.1 Å². The van der Waals surface area contributed by atoms with Gasteiger partial charge in [-0.3, -0.25) is 0 Å². The van der Waals surface area contributed by atoms with Crippen molar-refractivity contribution in [1.82, 2.24) is 4.98 Å². The van der Waals surface area contributed by atoms with E-state index in [1.165, 1.54) is 7.11 Å². The fourth-order valence-corrected chi connectivity index (χ4v) is 2.68. The van der Waals surface area contributed by atoms with Crippen LogP contribution >= 0.6 is 11.3 Å². The van der Waals surface area contributed by atoms with Crippen LogP contribution in [-0.4, -0.2) is 25.1 Å². The second-order valence-corrected chi connectivity index (χ2v) is 5.19. The molecule has 0 N–H and O–H groups in total. The molecule has 1 aromatic carbocycles. The van der Waals surface area contributed by atoms with Crippen molar-refractivity contribution in [2.45, 2.75) is 13.5 Å². The number of aromatic nitrogens is 1. The van der Waals surface area contributed by atoms with Crippen molar-refractivity contribution in [2.24, 2.45) is 0 Å². The first-order valence-corrected chi connectivity index (χ1v) is 6.79. The molecule has 0 saturated carbocycles. The number of rotatable bonds is 4. The smallest absolute Gasteiger partial charge is 0.339 e. The van der Waals surface area contributed by atoms with Crippen LogP contribution < -0.4 is 4.90 Å². The molecule has 0 spiro atoms. The zero-order valence-corrected chi connectivity index (χ0v) is 12.0. The van der Waals surface area contributed by atoms with E-state index in [9.17, 15) is 4.79 Å². The van der Waals surface area contributed by atoms with Crippen molar-refractivity contribution < 1.29 is 9.53 Å². The minimum absolute atomic E-state index is 0.322. The van der Waals surface area contributed by atoms with E-state index in [2.05, 4.69) is 4.98 Å². The van der Waals surface area contributed by atoms with E-state index < -0.39 is 0 Å². The number of carbonyl (C=O) groups excluding carboxylic acids is 1. The zero-order chi connectivity index (χ0) is 13.8. The van der Waals surface area contributed by atoms with Crippen molar-refractivity contribution in [3.63, 3.8) is 0 Å². The highest BCUT2D eigenvalue weighted by Crippen LogP contribution is 2.22. The first-order valence-electron chi connectivity index (χ1n) is 5.91. The number of nitrogens with zero attached hydrogens (tertiary/aromatic N) is 2. The maximum Gasteiger partial charge on any atom is 0.339 e. The molecule has 2 aromatic rings. The van der Waals surface area contributed by atoms with E-state index in [0.717, 1.165) is 16.4 Å². The summed E-state index contributed by atoms with van der Waals surface area (Å²) in [5, 5.41) is 3.05. The van der Waals surface area contributed by atoms with Gasteiger partial charge in [-0.2, -0.15) is 0 Å². The molecule has 2 rings (SSSR count). The fraction of sp³-hybridized carbons (Fsp3) is 0.286. The third-order valence-corrected chi connectivity index (χ3v) is 3.71. The summed E-state index contributed by atoms with van der Waals surface area (Å²) in [7, 11) is 3.34. The number of hydrogen-bond acceptors (Lipinski definition) is 5. The molecule has 0 aliphatic heterocycles. The van der Waals surface area contributed by atoms with E-state index in [0.29, 0.717) is 12.1 Å². The number of para-hydroxylation sites is 1. The second kappa shape index (κ2) is 5.84. The lowest BCUT2D eigenvalue weighted by molar-refractivity contribution is 0.0601. The van der Waals surface area contributed by atoms with Gasteiger partial charge in [0.25, 0.3) is 0 Å². The molecule has 100 valence electrons. The van der Waals surface area contributed by atoms with Crippen LogP contribution in [0.15, 0.2) is 29.6 Å². The Bertz CT molecular complexity index is 580. The number of carbonyl (C=O) groups is 1. The highest BCUT2D eigenvalue weighted by molar-refractivity contribution is 7.09. The average Bonchev–Trinajstić information content (AvgIpc) is 2.83. The monoisotopic (exact) mass is 276 g/mol. The average molecular weight is 276 g/mol. The Morgan fingerprint density at radius 1 is 1.42 bits per heavy atom. The molecule has 0 amide bonds. The molecule has 1 aromatic heterocycles. The summed E-state index contributed by atoms with van der Waals surface area (Å²) >= 11 is 1.62. The third kappa shape index (κ3) is 3.12. The van der Waals surface area contributed by atoms with Gasteiger partial charge in [0.05, 0.1) is 24.9 Å². The molecule has 0 saturated heterocycles. The van der Waals surface area contributed by atoms with Crippen LogP contribution in [0.25, 0.3) is 0 Å². The van der Waals surface area contributed by atoms with Gasteiger partial charge in [-0.15, -0.1) is 11.3 Å². The quantitative estimate of drug-likeness (QED) is 0.805. The van der Waals surface area contributed by atoms with E-state index in [1.807, 2.05) is 42.5 Å². The molecule has 0 fully saturated rings. The van der Waals surface area contributed by atoms with Gasteiger partial charge >= 0.3 is 5.97 Å². The molecule has 5 heteroatoms. The summed E-state index contributed by atoms with van der Waals surface area (Å²) in [6.07, 6.45) is 0. The van der Waals surface area contributed by atoms with Crippen LogP contribution in [-0.2, 0) is 11.3 Å². The summed E-state index contributed by atoms with van der Waals surface area (Å²) in [5.74, 6) is -0.322. The van der Waals surface area contributed by atoms with Gasteiger partial charge in [0, 0.05) is 18.1 Å². The fourth-order valence-electron chi connectivity index (χ4n) is 1.85. The zero-order valence-electron chi connectivity index (χ0n) is 11.2. The van der Waals surface area contributed by atoms with Crippen LogP contribution in [0.4, 0.5) is 5.69 Å². The number of ether oxygens (including phenoxy) is 1. The molecular weight excluding hydrogens is 260 g/mol. The van der Waals surface area contributed by atoms with Gasteiger partial charge < -0.3 is 9.64 Å². The van der Waals surface area contributed by atoms with Crippen molar-refractivity contribution in [3.8, 4) is 0 Å². The maximum absolute atomic E-state index is 11.7. The minimum Gasteiger partial charge on any atom is -0.465 e. The number of anilines is 1. The number of esters is 1. The highest BCUT2D eigenvalue weighted by Gasteiger charge is 2.15. The molecule has 4 nitrogen and oxygen atoms in total. The molecule has 0 bridgehead atoms. The number of methoxy groups -OCH3 is 1. The molecule has 0 aliphatic carbocycles. The van der Waals surface area contributed by atoms with Crippen molar-refractivity contribution in [3.05, 3.63) is 45.9 Å². The van der Waals surface area contributed by atoms with E-state index >= 15 is 0 Å². The molecule has 1 heterocycles. The Balaban J connectivity index is 2.23.